The number of carbonyl (C=O) groups excluding carboxylic acids is 2. The van der Waals surface area contributed by atoms with E-state index in [9.17, 15) is 18.0 Å². The highest BCUT2D eigenvalue weighted by molar-refractivity contribution is 7.92. The number of anilines is 2. The number of rotatable bonds is 9. The predicted molar refractivity (Wildman–Crippen MR) is 125 cm³/mol. The minimum Gasteiger partial charge on any atom is -0.497 e. The lowest BCUT2D eigenvalue weighted by Gasteiger charge is -2.15. The molecular formula is C24H24N2O6S. The minimum absolute atomic E-state index is 0.00971. The lowest BCUT2D eigenvalue weighted by molar-refractivity contribution is -0.122. The fraction of sp³-hybridized carbons (Fsp3) is 0.167. The van der Waals surface area contributed by atoms with Crippen LogP contribution in [0.3, 0.4) is 0 Å². The molecule has 2 N–H and O–H groups in total. The summed E-state index contributed by atoms with van der Waals surface area (Å²) in [6, 6.07) is 18.8. The second kappa shape index (κ2) is 10.2. The summed E-state index contributed by atoms with van der Waals surface area (Å²) in [4.78, 5) is 23.9. The molecule has 8 nitrogen and oxygen atoms in total. The molecule has 0 aromatic heterocycles. The maximum absolute atomic E-state index is 12.7. The van der Waals surface area contributed by atoms with E-state index in [4.69, 9.17) is 9.47 Å². The van der Waals surface area contributed by atoms with Crippen molar-refractivity contribution >= 4 is 33.1 Å². The van der Waals surface area contributed by atoms with Crippen LogP contribution in [0, 0.1) is 0 Å². The van der Waals surface area contributed by atoms with Gasteiger partial charge in [0.15, 0.2) is 11.9 Å². The molecule has 0 saturated carbocycles. The number of amides is 1. The predicted octanol–water partition coefficient (Wildman–Crippen LogP) is 4.10. The van der Waals surface area contributed by atoms with Crippen LogP contribution in [0.15, 0.2) is 77.7 Å². The minimum atomic E-state index is -3.87. The van der Waals surface area contributed by atoms with Crippen LogP contribution in [-0.4, -0.2) is 33.3 Å². The van der Waals surface area contributed by atoms with Crippen molar-refractivity contribution in [3.8, 4) is 11.5 Å². The molecule has 0 bridgehead atoms. The Morgan fingerprint density at radius 2 is 1.52 bits per heavy atom. The fourth-order valence-electron chi connectivity index (χ4n) is 2.88. The molecule has 0 spiro atoms. The number of Topliss-reactive ketones (excluding diaryl/α,β-unsaturated/α-hetero) is 1. The van der Waals surface area contributed by atoms with Gasteiger partial charge in [0.25, 0.3) is 15.9 Å². The number of ketones is 1. The van der Waals surface area contributed by atoms with Crippen molar-refractivity contribution < 1.29 is 27.5 Å². The Balaban J connectivity index is 1.66. The van der Waals surface area contributed by atoms with Crippen molar-refractivity contribution in [2.75, 3.05) is 17.1 Å². The summed E-state index contributed by atoms with van der Waals surface area (Å²) in [6.45, 7) is 3.03. The van der Waals surface area contributed by atoms with Crippen molar-refractivity contribution in [1.82, 2.24) is 0 Å². The summed E-state index contributed by atoms with van der Waals surface area (Å²) in [7, 11) is -2.35. The maximum Gasteiger partial charge on any atom is 0.265 e. The van der Waals surface area contributed by atoms with Gasteiger partial charge >= 0.3 is 0 Å². The topological polar surface area (TPSA) is 111 Å². The Morgan fingerprint density at radius 1 is 0.879 bits per heavy atom. The van der Waals surface area contributed by atoms with Crippen molar-refractivity contribution in [3.63, 3.8) is 0 Å². The monoisotopic (exact) mass is 468 g/mol. The number of hydrogen-bond donors (Lipinski definition) is 2. The normalized spacial score (nSPS) is 11.8. The highest BCUT2D eigenvalue weighted by Gasteiger charge is 2.18. The van der Waals surface area contributed by atoms with E-state index >= 15 is 0 Å². The first-order valence-corrected chi connectivity index (χ1v) is 11.5. The highest BCUT2D eigenvalue weighted by Crippen LogP contribution is 2.22. The van der Waals surface area contributed by atoms with Crippen LogP contribution < -0.4 is 19.5 Å². The molecule has 9 heteroatoms. The molecule has 0 aliphatic heterocycles. The maximum atomic E-state index is 12.7. The van der Waals surface area contributed by atoms with E-state index in [-0.39, 0.29) is 10.7 Å². The second-order valence-corrected chi connectivity index (χ2v) is 8.87. The van der Waals surface area contributed by atoms with Crippen molar-refractivity contribution in [2.24, 2.45) is 0 Å². The van der Waals surface area contributed by atoms with Gasteiger partial charge < -0.3 is 14.8 Å². The largest absolute Gasteiger partial charge is 0.497 e. The number of methoxy groups -OCH3 is 1. The summed E-state index contributed by atoms with van der Waals surface area (Å²) in [6.07, 6.45) is -0.856. The number of sulfonamides is 1. The van der Waals surface area contributed by atoms with Crippen molar-refractivity contribution in [3.05, 3.63) is 78.4 Å². The van der Waals surface area contributed by atoms with E-state index in [2.05, 4.69) is 10.0 Å². The van der Waals surface area contributed by atoms with Crippen LogP contribution in [0.1, 0.15) is 24.2 Å². The Bertz CT molecular complexity index is 1240. The molecule has 3 rings (SSSR count). The number of hydrogen-bond acceptors (Lipinski definition) is 6. The first-order valence-electron chi connectivity index (χ1n) is 10.0. The molecule has 0 fully saturated rings. The second-order valence-electron chi connectivity index (χ2n) is 7.19. The van der Waals surface area contributed by atoms with Gasteiger partial charge in [0.1, 0.15) is 11.5 Å². The zero-order chi connectivity index (χ0) is 24.0. The Hall–Kier alpha value is -3.85. The number of ether oxygens (including phenoxy) is 2. The highest BCUT2D eigenvalue weighted by atomic mass is 32.2. The molecule has 0 aliphatic carbocycles. The summed E-state index contributed by atoms with van der Waals surface area (Å²) >= 11 is 0. The van der Waals surface area contributed by atoms with Crippen molar-refractivity contribution in [1.29, 1.82) is 0 Å². The van der Waals surface area contributed by atoms with Gasteiger partial charge in [-0.3, -0.25) is 14.3 Å². The van der Waals surface area contributed by atoms with Crippen LogP contribution in [-0.2, 0) is 14.8 Å². The molecule has 0 heterocycles. The van der Waals surface area contributed by atoms with Gasteiger partial charge in [0.2, 0.25) is 0 Å². The van der Waals surface area contributed by atoms with Crippen LogP contribution >= 0.6 is 0 Å². The molecule has 172 valence electrons. The van der Waals surface area contributed by atoms with Crippen LogP contribution in [0.4, 0.5) is 11.4 Å². The Morgan fingerprint density at radius 3 is 2.12 bits per heavy atom. The lowest BCUT2D eigenvalue weighted by atomic mass is 10.1. The van der Waals surface area contributed by atoms with E-state index in [1.807, 2.05) is 0 Å². The quantitative estimate of drug-likeness (QED) is 0.458. The first kappa shape index (κ1) is 23.8. The third-order valence-corrected chi connectivity index (χ3v) is 6.08. The van der Waals surface area contributed by atoms with E-state index in [1.54, 1.807) is 61.5 Å². The Kier molecular flexibility index (Phi) is 7.34. The van der Waals surface area contributed by atoms with Gasteiger partial charge in [-0.1, -0.05) is 6.07 Å². The van der Waals surface area contributed by atoms with E-state index < -0.39 is 22.0 Å². The first-order chi connectivity index (χ1) is 15.7. The van der Waals surface area contributed by atoms with E-state index in [0.717, 1.165) is 0 Å². The molecule has 1 amide bonds. The fourth-order valence-corrected chi connectivity index (χ4v) is 3.99. The molecule has 3 aromatic carbocycles. The van der Waals surface area contributed by atoms with E-state index in [0.29, 0.717) is 28.4 Å². The third-order valence-electron chi connectivity index (χ3n) is 4.70. The smallest absolute Gasteiger partial charge is 0.265 e. The Labute approximate surface area is 192 Å². The molecule has 0 saturated heterocycles. The summed E-state index contributed by atoms with van der Waals surface area (Å²) < 4.78 is 38.7. The molecule has 0 aliphatic rings. The van der Waals surface area contributed by atoms with Gasteiger partial charge in [-0.25, -0.2) is 8.42 Å². The van der Waals surface area contributed by atoms with Crippen LogP contribution in [0.5, 0.6) is 11.5 Å². The number of nitrogens with one attached hydrogen (secondary N) is 2. The van der Waals surface area contributed by atoms with Crippen LogP contribution in [0.2, 0.25) is 0 Å². The molecular weight excluding hydrogens is 444 g/mol. The average molecular weight is 469 g/mol. The lowest BCUT2D eigenvalue weighted by Crippen LogP contribution is -2.30. The molecule has 1 atom stereocenters. The van der Waals surface area contributed by atoms with Crippen LogP contribution in [0.25, 0.3) is 0 Å². The number of benzene rings is 3. The van der Waals surface area contributed by atoms with Gasteiger partial charge in [-0.2, -0.15) is 0 Å². The summed E-state index contributed by atoms with van der Waals surface area (Å²) in [5.41, 5.74) is 1.23. The average Bonchev–Trinajstić information content (AvgIpc) is 2.80. The summed E-state index contributed by atoms with van der Waals surface area (Å²) in [5, 5.41) is 2.66. The zero-order valence-electron chi connectivity index (χ0n) is 18.4. The third kappa shape index (κ3) is 6.33. The molecule has 3 aromatic rings. The van der Waals surface area contributed by atoms with E-state index in [1.165, 1.54) is 32.2 Å². The van der Waals surface area contributed by atoms with Crippen molar-refractivity contribution in [2.45, 2.75) is 24.8 Å². The SMILES string of the molecule is COc1ccc(NS(=O)(=O)c2cccc(NC(=O)C(C)Oc3ccc(C(C)=O)cc3)c2)cc1. The summed E-state index contributed by atoms with van der Waals surface area (Å²) in [5.74, 6) is 0.517. The number of carbonyl (C=O) groups is 2. The molecule has 1 unspecified atom stereocenters. The van der Waals surface area contributed by atoms with Gasteiger partial charge in [-0.15, -0.1) is 0 Å². The van der Waals surface area contributed by atoms with Gasteiger partial charge in [0.05, 0.1) is 12.0 Å². The standard InChI is InChI=1S/C24H24N2O6S/c1-16(27)18-7-11-22(12-8-18)32-17(2)24(28)25-20-5-4-6-23(15-20)33(29,30)26-19-9-13-21(31-3)14-10-19/h4-15,17,26H,1-3H3,(H,25,28). The molecule has 33 heavy (non-hydrogen) atoms. The molecule has 0 radical (unpaired) electrons. The van der Waals surface area contributed by atoms with Gasteiger partial charge in [-0.05, 0) is 80.6 Å². The zero-order valence-corrected chi connectivity index (χ0v) is 19.2. The van der Waals surface area contributed by atoms with Gasteiger partial charge in [0, 0.05) is 16.9 Å².